The molecule has 1 amide bonds. The Morgan fingerprint density at radius 3 is 2.44 bits per heavy atom. The first-order valence-corrected chi connectivity index (χ1v) is 13.1. The molecule has 1 N–H and O–H groups in total. The monoisotopic (exact) mass is 523 g/mol. The largest absolute Gasteiger partial charge is 0.492 e. The van der Waals surface area contributed by atoms with Crippen LogP contribution in [0.1, 0.15) is 46.6 Å². The van der Waals surface area contributed by atoms with Gasteiger partial charge in [0.15, 0.2) is 0 Å². The molecule has 0 aliphatic carbocycles. The van der Waals surface area contributed by atoms with Gasteiger partial charge in [0.05, 0.1) is 17.6 Å². The average Bonchev–Trinajstić information content (AvgIpc) is 3.22. The summed E-state index contributed by atoms with van der Waals surface area (Å²) in [4.78, 5) is 17.1. The van der Waals surface area contributed by atoms with Crippen molar-refractivity contribution in [3.05, 3.63) is 93.2 Å². The number of benzene rings is 3. The number of imidazole rings is 1. The van der Waals surface area contributed by atoms with Gasteiger partial charge in [0.2, 0.25) is 0 Å². The summed E-state index contributed by atoms with van der Waals surface area (Å²) in [5, 5.41) is 4.39. The fourth-order valence-corrected chi connectivity index (χ4v) is 4.54. The van der Waals surface area contributed by atoms with Crippen LogP contribution in [0, 0.1) is 13.8 Å². The van der Waals surface area contributed by atoms with Crippen molar-refractivity contribution < 1.29 is 9.53 Å². The van der Waals surface area contributed by atoms with Gasteiger partial charge in [-0.2, -0.15) is 0 Å². The molecule has 0 saturated carbocycles. The standard InChI is InChI=1S/C29H31Cl2N3O2/c1-20-18-24(19-21(2)28(20)31)36-17-16-34-26-9-6-5-8-25(26)33-27(34)10-4-3-7-15-32-29(35)22-11-13-23(30)14-12-22/h5-6,8-9,11-14,18-19H,3-4,7,10,15-17H2,1-2H3,(H,32,35). The van der Waals surface area contributed by atoms with E-state index >= 15 is 0 Å². The van der Waals surface area contributed by atoms with Crippen LogP contribution < -0.4 is 10.1 Å². The molecule has 1 aromatic heterocycles. The van der Waals surface area contributed by atoms with Crippen molar-refractivity contribution >= 4 is 40.1 Å². The highest BCUT2D eigenvalue weighted by Gasteiger charge is 2.11. The molecule has 0 radical (unpaired) electrons. The van der Waals surface area contributed by atoms with Crippen LogP contribution in [-0.4, -0.2) is 28.6 Å². The average molecular weight is 524 g/mol. The Labute approximate surface area is 222 Å². The number of aromatic nitrogens is 2. The molecule has 0 atom stereocenters. The molecule has 0 fully saturated rings. The predicted molar refractivity (Wildman–Crippen MR) is 147 cm³/mol. The second-order valence-electron chi connectivity index (χ2n) is 8.96. The third-order valence-electron chi connectivity index (χ3n) is 6.20. The summed E-state index contributed by atoms with van der Waals surface area (Å²) in [6.07, 6.45) is 3.79. The molecular formula is C29H31Cl2N3O2. The van der Waals surface area contributed by atoms with Crippen molar-refractivity contribution in [2.24, 2.45) is 0 Å². The summed E-state index contributed by atoms with van der Waals surface area (Å²) >= 11 is 12.2. The lowest BCUT2D eigenvalue weighted by atomic mass is 10.1. The van der Waals surface area contributed by atoms with Gasteiger partial charge in [0.25, 0.3) is 5.91 Å². The minimum absolute atomic E-state index is 0.0699. The quantitative estimate of drug-likeness (QED) is 0.212. The number of nitrogens with one attached hydrogen (secondary N) is 1. The molecule has 0 bridgehead atoms. The molecule has 4 aromatic rings. The van der Waals surface area contributed by atoms with Gasteiger partial charge in [-0.15, -0.1) is 0 Å². The second kappa shape index (κ2) is 12.3. The lowest BCUT2D eigenvalue weighted by Crippen LogP contribution is -2.24. The molecule has 36 heavy (non-hydrogen) atoms. The Bertz CT molecular complexity index is 1310. The van der Waals surface area contributed by atoms with Gasteiger partial charge in [-0.3, -0.25) is 4.79 Å². The zero-order valence-electron chi connectivity index (χ0n) is 20.7. The molecule has 0 aliphatic heterocycles. The Kier molecular flexibility index (Phi) is 8.89. The van der Waals surface area contributed by atoms with Crippen molar-refractivity contribution in [1.29, 1.82) is 0 Å². The summed E-state index contributed by atoms with van der Waals surface area (Å²) in [7, 11) is 0. The van der Waals surface area contributed by atoms with Crippen molar-refractivity contribution in [2.45, 2.75) is 46.1 Å². The Balaban J connectivity index is 1.29. The number of amides is 1. The summed E-state index contributed by atoms with van der Waals surface area (Å²) < 4.78 is 8.33. The zero-order valence-corrected chi connectivity index (χ0v) is 22.2. The minimum atomic E-state index is -0.0699. The third kappa shape index (κ3) is 6.59. The van der Waals surface area contributed by atoms with E-state index in [4.69, 9.17) is 32.9 Å². The molecule has 188 valence electrons. The Morgan fingerprint density at radius 1 is 0.972 bits per heavy atom. The highest BCUT2D eigenvalue weighted by molar-refractivity contribution is 6.32. The highest BCUT2D eigenvalue weighted by Crippen LogP contribution is 2.26. The number of carbonyl (C=O) groups excluding carboxylic acids is 1. The first-order valence-electron chi connectivity index (χ1n) is 12.3. The minimum Gasteiger partial charge on any atom is -0.492 e. The van der Waals surface area contributed by atoms with Crippen LogP contribution in [0.3, 0.4) is 0 Å². The number of aryl methyl sites for hydroxylation is 3. The maximum absolute atomic E-state index is 12.2. The van der Waals surface area contributed by atoms with Crippen LogP contribution in [-0.2, 0) is 13.0 Å². The zero-order chi connectivity index (χ0) is 25.5. The van der Waals surface area contributed by atoms with Crippen molar-refractivity contribution in [3.63, 3.8) is 0 Å². The molecular weight excluding hydrogens is 493 g/mol. The third-order valence-corrected chi connectivity index (χ3v) is 7.04. The number of rotatable bonds is 11. The smallest absolute Gasteiger partial charge is 0.251 e. The molecule has 3 aromatic carbocycles. The maximum Gasteiger partial charge on any atom is 0.251 e. The van der Waals surface area contributed by atoms with Crippen molar-refractivity contribution in [2.75, 3.05) is 13.2 Å². The van der Waals surface area contributed by atoms with E-state index in [1.165, 1.54) is 0 Å². The number of carbonyl (C=O) groups is 1. The normalized spacial score (nSPS) is 11.1. The first-order chi connectivity index (χ1) is 17.4. The topological polar surface area (TPSA) is 56.1 Å². The summed E-state index contributed by atoms with van der Waals surface area (Å²) in [6, 6.07) is 19.1. The van der Waals surface area contributed by atoms with Crippen LogP contribution in [0.25, 0.3) is 11.0 Å². The van der Waals surface area contributed by atoms with Crippen molar-refractivity contribution in [1.82, 2.24) is 14.9 Å². The number of hydrogen-bond donors (Lipinski definition) is 1. The van der Waals surface area contributed by atoms with E-state index in [2.05, 4.69) is 16.0 Å². The molecule has 5 nitrogen and oxygen atoms in total. The fraction of sp³-hybridized carbons (Fsp3) is 0.310. The van der Waals surface area contributed by atoms with E-state index < -0.39 is 0 Å². The summed E-state index contributed by atoms with van der Waals surface area (Å²) in [5.41, 5.74) is 4.78. The van der Waals surface area contributed by atoms with Gasteiger partial charge >= 0.3 is 0 Å². The number of ether oxygens (including phenoxy) is 1. The Hall–Kier alpha value is -3.02. The van der Waals surface area contributed by atoms with E-state index in [0.717, 1.165) is 64.4 Å². The van der Waals surface area contributed by atoms with Gasteiger partial charge in [0.1, 0.15) is 18.2 Å². The highest BCUT2D eigenvalue weighted by atomic mass is 35.5. The molecule has 0 saturated heterocycles. The number of unbranched alkanes of at least 4 members (excludes halogenated alkanes) is 2. The summed E-state index contributed by atoms with van der Waals surface area (Å²) in [5.74, 6) is 1.83. The molecule has 1 heterocycles. The lowest BCUT2D eigenvalue weighted by Gasteiger charge is -2.13. The van der Waals surface area contributed by atoms with Crippen LogP contribution in [0.4, 0.5) is 0 Å². The van der Waals surface area contributed by atoms with E-state index in [-0.39, 0.29) is 5.91 Å². The number of halogens is 2. The molecule has 7 heteroatoms. The van der Waals surface area contributed by atoms with E-state index in [1.807, 2.05) is 44.2 Å². The van der Waals surface area contributed by atoms with Crippen LogP contribution in [0.5, 0.6) is 5.75 Å². The Morgan fingerprint density at radius 2 is 1.69 bits per heavy atom. The van der Waals surface area contributed by atoms with Gasteiger partial charge in [-0.25, -0.2) is 4.98 Å². The fourth-order valence-electron chi connectivity index (χ4n) is 4.30. The van der Waals surface area contributed by atoms with E-state index in [0.29, 0.717) is 30.3 Å². The molecule has 4 rings (SSSR count). The predicted octanol–water partition coefficient (Wildman–Crippen LogP) is 7.18. The second-order valence-corrected chi connectivity index (χ2v) is 9.78. The lowest BCUT2D eigenvalue weighted by molar-refractivity contribution is 0.0953. The van der Waals surface area contributed by atoms with Crippen molar-refractivity contribution in [3.8, 4) is 5.75 Å². The maximum atomic E-state index is 12.2. The SMILES string of the molecule is Cc1cc(OCCn2c(CCCCCNC(=O)c3ccc(Cl)cc3)nc3ccccc32)cc(C)c1Cl. The van der Waals surface area contributed by atoms with Crippen LogP contribution in [0.15, 0.2) is 60.7 Å². The van der Waals surface area contributed by atoms with Gasteiger partial charge in [-0.05, 0) is 86.3 Å². The van der Waals surface area contributed by atoms with E-state index in [9.17, 15) is 4.79 Å². The molecule has 0 unspecified atom stereocenters. The van der Waals surface area contributed by atoms with Gasteiger partial charge < -0.3 is 14.6 Å². The number of nitrogens with zero attached hydrogens (tertiary/aromatic N) is 2. The molecule has 0 aliphatic rings. The van der Waals surface area contributed by atoms with Crippen LogP contribution in [0.2, 0.25) is 10.0 Å². The van der Waals surface area contributed by atoms with Crippen LogP contribution >= 0.6 is 23.2 Å². The number of hydrogen-bond acceptors (Lipinski definition) is 3. The number of para-hydroxylation sites is 2. The summed E-state index contributed by atoms with van der Waals surface area (Å²) in [6.45, 7) is 5.89. The van der Waals surface area contributed by atoms with E-state index in [1.54, 1.807) is 24.3 Å². The first kappa shape index (κ1) is 26.1. The number of fused-ring (bicyclic) bond motifs is 1. The van der Waals surface area contributed by atoms with Gasteiger partial charge in [-0.1, -0.05) is 41.8 Å². The molecule has 0 spiro atoms. The van der Waals surface area contributed by atoms with Gasteiger partial charge in [0, 0.05) is 28.6 Å².